The Balaban J connectivity index is 1.34. The SMILES string of the molecule is CCc1nc2n(n1)CC(NC(=NC)NC1CC1c1ccccc1F)CC2. The normalized spacial score (nSPS) is 24.9. The lowest BCUT2D eigenvalue weighted by Gasteiger charge is -2.25. The molecule has 0 saturated heterocycles. The van der Waals surface area contributed by atoms with E-state index in [1.807, 2.05) is 16.8 Å². The van der Waals surface area contributed by atoms with E-state index in [0.29, 0.717) is 0 Å². The predicted molar refractivity (Wildman–Crippen MR) is 98.7 cm³/mol. The summed E-state index contributed by atoms with van der Waals surface area (Å²) in [6, 6.07) is 7.52. The second-order valence-electron chi connectivity index (χ2n) is 7.05. The molecule has 3 atom stereocenters. The number of guanidine groups is 1. The summed E-state index contributed by atoms with van der Waals surface area (Å²) in [5, 5.41) is 11.5. The summed E-state index contributed by atoms with van der Waals surface area (Å²) in [5.74, 6) is 2.86. The summed E-state index contributed by atoms with van der Waals surface area (Å²) in [6.07, 6.45) is 3.71. The van der Waals surface area contributed by atoms with Gasteiger partial charge in [0.05, 0.1) is 6.54 Å². The topological polar surface area (TPSA) is 67.1 Å². The third-order valence-electron chi connectivity index (χ3n) is 5.20. The Morgan fingerprint density at radius 3 is 2.96 bits per heavy atom. The molecule has 3 unspecified atom stereocenters. The van der Waals surface area contributed by atoms with Crippen molar-refractivity contribution in [2.75, 3.05) is 7.05 Å². The van der Waals surface area contributed by atoms with Crippen LogP contribution in [0.25, 0.3) is 0 Å². The van der Waals surface area contributed by atoms with Gasteiger partial charge < -0.3 is 10.6 Å². The molecule has 0 radical (unpaired) electrons. The number of hydrogen-bond donors (Lipinski definition) is 2. The Morgan fingerprint density at radius 1 is 1.35 bits per heavy atom. The molecule has 4 rings (SSSR count). The predicted octanol–water partition coefficient (Wildman–Crippen LogP) is 2.02. The Hall–Kier alpha value is -2.44. The lowest BCUT2D eigenvalue weighted by molar-refractivity contribution is 0.392. The molecule has 6 nitrogen and oxygen atoms in total. The highest BCUT2D eigenvalue weighted by atomic mass is 19.1. The molecule has 138 valence electrons. The molecular formula is C19H25FN6. The van der Waals surface area contributed by atoms with Crippen molar-refractivity contribution >= 4 is 5.96 Å². The Kier molecular flexibility index (Phi) is 4.61. The fraction of sp³-hybridized carbons (Fsp3) is 0.526. The minimum Gasteiger partial charge on any atom is -0.353 e. The van der Waals surface area contributed by atoms with Crippen molar-refractivity contribution < 1.29 is 4.39 Å². The van der Waals surface area contributed by atoms with Gasteiger partial charge >= 0.3 is 0 Å². The van der Waals surface area contributed by atoms with E-state index in [1.54, 1.807) is 13.1 Å². The molecule has 7 heteroatoms. The van der Waals surface area contributed by atoms with Crippen molar-refractivity contribution in [3.63, 3.8) is 0 Å². The molecule has 2 N–H and O–H groups in total. The molecule has 1 aliphatic carbocycles. The second-order valence-corrected chi connectivity index (χ2v) is 7.05. The van der Waals surface area contributed by atoms with E-state index in [2.05, 4.69) is 32.6 Å². The molecule has 1 aromatic heterocycles. The monoisotopic (exact) mass is 356 g/mol. The Morgan fingerprint density at radius 2 is 2.19 bits per heavy atom. The zero-order valence-electron chi connectivity index (χ0n) is 15.2. The van der Waals surface area contributed by atoms with Crippen LogP contribution in [0.1, 0.15) is 42.9 Å². The number of nitrogens with one attached hydrogen (secondary N) is 2. The van der Waals surface area contributed by atoms with Gasteiger partial charge in [0.25, 0.3) is 0 Å². The molecule has 0 bridgehead atoms. The van der Waals surface area contributed by atoms with E-state index >= 15 is 0 Å². The van der Waals surface area contributed by atoms with Crippen LogP contribution in [0.3, 0.4) is 0 Å². The van der Waals surface area contributed by atoms with E-state index in [1.165, 1.54) is 6.07 Å². The molecule has 26 heavy (non-hydrogen) atoms. The fourth-order valence-electron chi connectivity index (χ4n) is 3.64. The highest BCUT2D eigenvalue weighted by Crippen LogP contribution is 2.41. The lowest BCUT2D eigenvalue weighted by Crippen LogP contribution is -2.47. The average Bonchev–Trinajstić information content (AvgIpc) is 3.28. The van der Waals surface area contributed by atoms with Crippen molar-refractivity contribution in [2.45, 2.75) is 57.2 Å². The van der Waals surface area contributed by atoms with Gasteiger partial charge in [0.2, 0.25) is 0 Å². The van der Waals surface area contributed by atoms with Gasteiger partial charge in [-0.05, 0) is 24.5 Å². The number of aromatic nitrogens is 3. The average molecular weight is 356 g/mol. The van der Waals surface area contributed by atoms with E-state index in [9.17, 15) is 4.39 Å². The van der Waals surface area contributed by atoms with Crippen LogP contribution in [0.2, 0.25) is 0 Å². The molecule has 1 fully saturated rings. The summed E-state index contributed by atoms with van der Waals surface area (Å²) in [5.41, 5.74) is 0.789. The van der Waals surface area contributed by atoms with Gasteiger partial charge in [0.1, 0.15) is 11.6 Å². The fourth-order valence-corrected chi connectivity index (χ4v) is 3.64. The maximum absolute atomic E-state index is 13.9. The molecule has 1 saturated carbocycles. The van der Waals surface area contributed by atoms with E-state index in [-0.39, 0.29) is 23.8 Å². The first-order valence-electron chi connectivity index (χ1n) is 9.34. The molecule has 2 aliphatic rings. The van der Waals surface area contributed by atoms with E-state index in [0.717, 1.165) is 55.4 Å². The van der Waals surface area contributed by atoms with Crippen molar-refractivity contribution in [2.24, 2.45) is 4.99 Å². The first kappa shape index (κ1) is 17.0. The van der Waals surface area contributed by atoms with Gasteiger partial charge in [0.15, 0.2) is 11.8 Å². The van der Waals surface area contributed by atoms with Crippen LogP contribution >= 0.6 is 0 Å². The van der Waals surface area contributed by atoms with Crippen molar-refractivity contribution in [1.82, 2.24) is 25.4 Å². The Bertz CT molecular complexity index is 814. The minimum atomic E-state index is -0.123. The molecular weight excluding hydrogens is 331 g/mol. The number of fused-ring (bicyclic) bond motifs is 1. The van der Waals surface area contributed by atoms with E-state index < -0.39 is 0 Å². The van der Waals surface area contributed by atoms with Crippen LogP contribution in [-0.4, -0.2) is 39.9 Å². The molecule has 1 aromatic carbocycles. The van der Waals surface area contributed by atoms with Crippen molar-refractivity contribution in [3.8, 4) is 0 Å². The van der Waals surface area contributed by atoms with Crippen LogP contribution < -0.4 is 10.6 Å². The lowest BCUT2D eigenvalue weighted by atomic mass is 10.1. The smallest absolute Gasteiger partial charge is 0.191 e. The summed E-state index contributed by atoms with van der Waals surface area (Å²) < 4.78 is 15.9. The van der Waals surface area contributed by atoms with Gasteiger partial charge in [-0.3, -0.25) is 4.99 Å². The molecule has 2 heterocycles. The summed E-state index contributed by atoms with van der Waals surface area (Å²) in [7, 11) is 1.77. The van der Waals surface area contributed by atoms with Gasteiger partial charge in [-0.2, -0.15) is 5.10 Å². The third-order valence-corrected chi connectivity index (χ3v) is 5.20. The first-order valence-corrected chi connectivity index (χ1v) is 9.34. The van der Waals surface area contributed by atoms with Crippen molar-refractivity contribution in [1.29, 1.82) is 0 Å². The number of benzene rings is 1. The number of nitrogens with zero attached hydrogens (tertiary/aromatic N) is 4. The number of aryl methyl sites for hydroxylation is 2. The van der Waals surface area contributed by atoms with Gasteiger partial charge in [-0.15, -0.1) is 0 Å². The highest BCUT2D eigenvalue weighted by Gasteiger charge is 2.40. The van der Waals surface area contributed by atoms with Crippen molar-refractivity contribution in [3.05, 3.63) is 47.3 Å². The molecule has 0 amide bonds. The van der Waals surface area contributed by atoms with Crippen LogP contribution in [0.15, 0.2) is 29.3 Å². The highest BCUT2D eigenvalue weighted by molar-refractivity contribution is 5.80. The number of halogens is 1. The minimum absolute atomic E-state index is 0.123. The second kappa shape index (κ2) is 7.05. The summed E-state index contributed by atoms with van der Waals surface area (Å²) >= 11 is 0. The first-order chi connectivity index (χ1) is 12.7. The Labute approximate surface area is 152 Å². The number of hydrogen-bond acceptors (Lipinski definition) is 3. The molecule has 1 aliphatic heterocycles. The zero-order chi connectivity index (χ0) is 18.1. The number of aliphatic imine (C=N–C) groups is 1. The van der Waals surface area contributed by atoms with Crippen LogP contribution in [0.5, 0.6) is 0 Å². The standard InChI is InChI=1S/C19H25FN6/c1-3-17-24-18-9-8-12(11-26(18)25-17)22-19(21-2)23-16-10-14(16)13-6-4-5-7-15(13)20/h4-7,12,14,16H,3,8-11H2,1-2H3,(H2,21,22,23). The largest absolute Gasteiger partial charge is 0.353 e. The van der Waals surface area contributed by atoms with Gasteiger partial charge in [0, 0.05) is 37.9 Å². The zero-order valence-corrected chi connectivity index (χ0v) is 15.2. The van der Waals surface area contributed by atoms with Gasteiger partial charge in [-0.1, -0.05) is 25.1 Å². The third kappa shape index (κ3) is 3.43. The summed E-state index contributed by atoms with van der Waals surface area (Å²) in [6.45, 7) is 2.87. The number of rotatable bonds is 4. The van der Waals surface area contributed by atoms with Crippen LogP contribution in [0.4, 0.5) is 4.39 Å². The maximum atomic E-state index is 13.9. The molecule has 0 spiro atoms. The maximum Gasteiger partial charge on any atom is 0.191 e. The molecule has 2 aromatic rings. The van der Waals surface area contributed by atoms with Crippen LogP contribution in [-0.2, 0) is 19.4 Å². The quantitative estimate of drug-likeness (QED) is 0.650. The summed E-state index contributed by atoms with van der Waals surface area (Å²) in [4.78, 5) is 8.90. The van der Waals surface area contributed by atoms with Crippen LogP contribution in [0, 0.1) is 5.82 Å². The van der Waals surface area contributed by atoms with Gasteiger partial charge in [-0.25, -0.2) is 14.1 Å². The van der Waals surface area contributed by atoms with E-state index in [4.69, 9.17) is 0 Å².